The maximum atomic E-state index is 10.1. The maximum absolute atomic E-state index is 10.1. The van der Waals surface area contributed by atoms with E-state index in [1.165, 1.54) is 0 Å². The molecule has 0 aromatic carbocycles. The standard InChI is InChI=1S/C4H7NO.HN3/c6-4-2-1-3-5-4;1-3-2/h1-3H2,(H,5,6);1H. The molecule has 0 unspecified atom stereocenters. The Morgan fingerprint density at radius 2 is 2.33 bits per heavy atom. The quantitative estimate of drug-likeness (QED) is 0.281. The van der Waals surface area contributed by atoms with Crippen molar-refractivity contribution in [3.63, 3.8) is 0 Å². The summed E-state index contributed by atoms with van der Waals surface area (Å²) in [6.45, 7) is 0.888. The van der Waals surface area contributed by atoms with E-state index in [2.05, 4.69) is 5.32 Å². The van der Waals surface area contributed by atoms with Crippen LogP contribution in [0.4, 0.5) is 0 Å². The SMILES string of the molecule is O=C1CCCN1.[N-]=[N+]=N. The second-order valence-corrected chi connectivity index (χ2v) is 1.55. The van der Waals surface area contributed by atoms with Crippen molar-refractivity contribution in [1.29, 1.82) is 5.53 Å². The fraction of sp³-hybridized carbons (Fsp3) is 0.750. The van der Waals surface area contributed by atoms with E-state index in [4.69, 9.17) is 11.1 Å². The summed E-state index contributed by atoms with van der Waals surface area (Å²) in [6.07, 6.45) is 1.76. The molecule has 0 saturated carbocycles. The van der Waals surface area contributed by atoms with E-state index in [-0.39, 0.29) is 5.91 Å². The van der Waals surface area contributed by atoms with Crippen molar-refractivity contribution in [3.05, 3.63) is 10.4 Å². The van der Waals surface area contributed by atoms with Crippen LogP contribution in [0.1, 0.15) is 12.8 Å². The van der Waals surface area contributed by atoms with Crippen molar-refractivity contribution in [1.82, 2.24) is 5.32 Å². The lowest BCUT2D eigenvalue weighted by molar-refractivity contribution is -0.119. The topological polar surface area (TPSA) is 89.3 Å². The number of hydrogen-bond acceptors (Lipinski definition) is 2. The number of nitrogens with one attached hydrogen (secondary N) is 2. The van der Waals surface area contributed by atoms with Crippen LogP contribution < -0.4 is 5.32 Å². The van der Waals surface area contributed by atoms with Crippen LogP contribution in [0, 0.1) is 5.53 Å². The van der Waals surface area contributed by atoms with Crippen molar-refractivity contribution in [2.75, 3.05) is 6.54 Å². The zero-order valence-corrected chi connectivity index (χ0v) is 4.92. The van der Waals surface area contributed by atoms with Crippen LogP contribution in [-0.4, -0.2) is 12.5 Å². The van der Waals surface area contributed by atoms with Crippen molar-refractivity contribution in [2.24, 2.45) is 0 Å². The molecule has 0 aromatic heterocycles. The Bertz CT molecular complexity index is 119. The Balaban J connectivity index is 0.000000187. The largest absolute Gasteiger partial charge is 0.356 e. The summed E-state index contributed by atoms with van der Waals surface area (Å²) in [5, 5.41) is 2.68. The molecule has 50 valence electrons. The third kappa shape index (κ3) is 4.64. The van der Waals surface area contributed by atoms with E-state index in [0.717, 1.165) is 19.4 Å². The normalized spacial score (nSPS) is 14.9. The van der Waals surface area contributed by atoms with Gasteiger partial charge in [0.2, 0.25) is 5.91 Å². The molecule has 0 spiro atoms. The first-order valence-corrected chi connectivity index (χ1v) is 2.58. The highest BCUT2D eigenvalue weighted by atomic mass is 16.1. The van der Waals surface area contributed by atoms with E-state index >= 15 is 0 Å². The van der Waals surface area contributed by atoms with Gasteiger partial charge in [-0.2, -0.15) is 0 Å². The van der Waals surface area contributed by atoms with Crippen LogP contribution in [0.15, 0.2) is 0 Å². The molecule has 0 radical (unpaired) electrons. The molecule has 5 heteroatoms. The minimum absolute atomic E-state index is 0.204. The highest BCUT2D eigenvalue weighted by Gasteiger charge is 2.05. The van der Waals surface area contributed by atoms with Gasteiger partial charge in [0, 0.05) is 13.0 Å². The smallest absolute Gasteiger partial charge is 0.220 e. The molecule has 0 bridgehead atoms. The molecule has 1 rings (SSSR count). The van der Waals surface area contributed by atoms with Gasteiger partial charge in [0.05, 0.1) is 0 Å². The third-order valence-corrected chi connectivity index (χ3v) is 0.903. The molecule has 1 fully saturated rings. The molecule has 1 saturated heterocycles. The molecule has 2 N–H and O–H groups in total. The first kappa shape index (κ1) is 7.78. The fourth-order valence-electron chi connectivity index (χ4n) is 0.565. The molecule has 1 heterocycles. The van der Waals surface area contributed by atoms with Gasteiger partial charge in [0.15, 0.2) is 0 Å². The summed E-state index contributed by atoms with van der Waals surface area (Å²) in [4.78, 5) is 11.9. The van der Waals surface area contributed by atoms with E-state index in [1.54, 1.807) is 4.91 Å². The summed E-state index contributed by atoms with van der Waals surface area (Å²) < 4.78 is 0. The lowest BCUT2D eigenvalue weighted by Crippen LogP contribution is -2.12. The van der Waals surface area contributed by atoms with Gasteiger partial charge in [-0.15, -0.1) is 5.53 Å². The predicted octanol–water partition coefficient (Wildman–Crippen LogP) is 0.772. The molecule has 0 aliphatic carbocycles. The highest BCUT2D eigenvalue weighted by molar-refractivity contribution is 5.77. The first-order valence-electron chi connectivity index (χ1n) is 2.58. The lowest BCUT2D eigenvalue weighted by Gasteiger charge is -1.80. The third-order valence-electron chi connectivity index (χ3n) is 0.903. The summed E-state index contributed by atoms with van der Waals surface area (Å²) in [6, 6.07) is 0. The minimum atomic E-state index is 0.204. The van der Waals surface area contributed by atoms with Gasteiger partial charge in [-0.3, -0.25) is 4.79 Å². The van der Waals surface area contributed by atoms with Crippen LogP contribution in [-0.2, 0) is 4.79 Å². The molecule has 0 atom stereocenters. The number of amides is 1. The van der Waals surface area contributed by atoms with Gasteiger partial charge >= 0.3 is 0 Å². The number of nitrogens with zero attached hydrogens (tertiary/aromatic N) is 2. The van der Waals surface area contributed by atoms with Crippen molar-refractivity contribution in [2.45, 2.75) is 12.8 Å². The van der Waals surface area contributed by atoms with Gasteiger partial charge in [-0.25, -0.2) is 0 Å². The Morgan fingerprint density at radius 1 is 1.78 bits per heavy atom. The zero-order chi connectivity index (χ0) is 7.11. The Kier molecular flexibility index (Phi) is 4.26. The van der Waals surface area contributed by atoms with Crippen LogP contribution in [0.3, 0.4) is 0 Å². The van der Waals surface area contributed by atoms with Gasteiger partial charge in [0.25, 0.3) is 0 Å². The summed E-state index contributed by atoms with van der Waals surface area (Å²) in [5.41, 5.74) is 12.2. The summed E-state index contributed by atoms with van der Waals surface area (Å²) >= 11 is 0. The second kappa shape index (κ2) is 4.93. The maximum Gasteiger partial charge on any atom is 0.220 e. The summed E-state index contributed by atoms with van der Waals surface area (Å²) in [7, 11) is 0. The Hall–Kier alpha value is -1.22. The summed E-state index contributed by atoms with van der Waals surface area (Å²) in [5.74, 6) is 0.204. The Morgan fingerprint density at radius 3 is 2.44 bits per heavy atom. The van der Waals surface area contributed by atoms with Gasteiger partial charge in [-0.1, -0.05) is 0 Å². The van der Waals surface area contributed by atoms with Gasteiger partial charge < -0.3 is 5.32 Å². The second-order valence-electron chi connectivity index (χ2n) is 1.55. The number of rotatable bonds is 0. The van der Waals surface area contributed by atoms with E-state index in [1.807, 2.05) is 0 Å². The molecule has 1 amide bonds. The monoisotopic (exact) mass is 128 g/mol. The molecular weight excluding hydrogens is 120 g/mol. The van der Waals surface area contributed by atoms with Crippen LogP contribution in [0.5, 0.6) is 0 Å². The Labute approximate surface area is 52.5 Å². The molecule has 1 aliphatic rings. The number of hydrogen-bond donors (Lipinski definition) is 2. The molecule has 1 aliphatic heterocycles. The zero-order valence-electron chi connectivity index (χ0n) is 4.92. The number of carbonyl (C=O) groups is 1. The molecule has 0 aromatic rings. The van der Waals surface area contributed by atoms with Crippen LogP contribution >= 0.6 is 0 Å². The van der Waals surface area contributed by atoms with E-state index in [9.17, 15) is 4.79 Å². The van der Waals surface area contributed by atoms with Crippen molar-refractivity contribution >= 4 is 5.91 Å². The highest BCUT2D eigenvalue weighted by Crippen LogP contribution is 1.93. The van der Waals surface area contributed by atoms with Crippen molar-refractivity contribution < 1.29 is 4.79 Å². The van der Waals surface area contributed by atoms with E-state index in [0.29, 0.717) is 0 Å². The van der Waals surface area contributed by atoms with Gasteiger partial charge in [-0.05, 0) is 16.9 Å². The average Bonchev–Trinajstić information content (AvgIpc) is 2.20. The number of carbonyl (C=O) groups excluding carboxylic acids is 1. The fourth-order valence-corrected chi connectivity index (χ4v) is 0.565. The average molecular weight is 128 g/mol. The minimum Gasteiger partial charge on any atom is -0.356 e. The van der Waals surface area contributed by atoms with E-state index < -0.39 is 0 Å². The van der Waals surface area contributed by atoms with Gasteiger partial charge in [0.1, 0.15) is 0 Å². The van der Waals surface area contributed by atoms with Crippen LogP contribution in [0.2, 0.25) is 0 Å². The molecule has 9 heavy (non-hydrogen) atoms. The van der Waals surface area contributed by atoms with Crippen LogP contribution in [0.25, 0.3) is 10.4 Å². The molecule has 5 nitrogen and oxygen atoms in total. The lowest BCUT2D eigenvalue weighted by atomic mass is 10.4. The predicted molar refractivity (Wildman–Crippen MR) is 31.7 cm³/mol. The van der Waals surface area contributed by atoms with Crippen molar-refractivity contribution in [3.8, 4) is 0 Å². The molecular formula is C4H8N4O. The first-order chi connectivity index (χ1) is 4.31.